The van der Waals surface area contributed by atoms with E-state index in [1.807, 2.05) is 18.2 Å². The number of hydrogen-bond donors (Lipinski definition) is 2. The van der Waals surface area contributed by atoms with Gasteiger partial charge in [-0.05, 0) is 68.1 Å². The molecule has 8 heteroatoms. The van der Waals surface area contributed by atoms with Crippen molar-refractivity contribution in [1.29, 1.82) is 0 Å². The summed E-state index contributed by atoms with van der Waals surface area (Å²) < 4.78 is 21.1. The Bertz CT molecular complexity index is 952. The zero-order valence-corrected chi connectivity index (χ0v) is 20.1. The standard InChI is InChI=1S/C27H33NO7/c1-3-33-26(30)10-8-6-4-5-7-9-25(21-11-15-24(16-12-21)34-20-19-29)35-27(31)28-22-13-17-23(32-2)18-14-22/h4,6,8,10-18,25,29H,3,5,7,9,19-20H2,1-2H3,(H,28,31)/b6-4+,10-8+/t25-/m1/s1. The smallest absolute Gasteiger partial charge is 0.412 e. The van der Waals surface area contributed by atoms with Crippen molar-refractivity contribution >= 4 is 17.7 Å². The molecular weight excluding hydrogens is 450 g/mol. The number of ether oxygens (including phenoxy) is 4. The summed E-state index contributed by atoms with van der Waals surface area (Å²) in [6, 6.07) is 14.2. The van der Waals surface area contributed by atoms with E-state index in [9.17, 15) is 9.59 Å². The van der Waals surface area contributed by atoms with Gasteiger partial charge in [0.15, 0.2) is 0 Å². The molecule has 35 heavy (non-hydrogen) atoms. The quantitative estimate of drug-likeness (QED) is 0.165. The van der Waals surface area contributed by atoms with Crippen molar-refractivity contribution in [3.05, 3.63) is 78.4 Å². The van der Waals surface area contributed by atoms with Crippen LogP contribution in [0.1, 0.15) is 37.9 Å². The second-order valence-corrected chi connectivity index (χ2v) is 7.36. The number of benzene rings is 2. The van der Waals surface area contributed by atoms with E-state index in [0.29, 0.717) is 30.2 Å². The lowest BCUT2D eigenvalue weighted by molar-refractivity contribution is -0.137. The Kier molecular flexibility index (Phi) is 12.5. The van der Waals surface area contributed by atoms with Gasteiger partial charge in [-0.3, -0.25) is 5.32 Å². The predicted octanol–water partition coefficient (Wildman–Crippen LogP) is 5.20. The SMILES string of the molecule is CCOC(=O)/C=C/C=C/CCC[C@@H](OC(=O)Nc1ccc(OC)cc1)c1ccc(OCCO)cc1. The number of amides is 1. The minimum atomic E-state index is -0.561. The van der Waals surface area contributed by atoms with Gasteiger partial charge in [0.1, 0.15) is 24.2 Å². The molecule has 0 saturated heterocycles. The molecule has 1 atom stereocenters. The topological polar surface area (TPSA) is 103 Å². The van der Waals surface area contributed by atoms with Crippen molar-refractivity contribution in [2.24, 2.45) is 0 Å². The third-order valence-corrected chi connectivity index (χ3v) is 4.80. The van der Waals surface area contributed by atoms with Gasteiger partial charge in [0.05, 0.1) is 20.3 Å². The lowest BCUT2D eigenvalue weighted by Crippen LogP contribution is -2.17. The van der Waals surface area contributed by atoms with Crippen molar-refractivity contribution in [3.63, 3.8) is 0 Å². The highest BCUT2D eigenvalue weighted by Gasteiger charge is 2.17. The lowest BCUT2D eigenvalue weighted by Gasteiger charge is -2.19. The number of anilines is 1. The molecule has 0 aliphatic carbocycles. The monoisotopic (exact) mass is 483 g/mol. The van der Waals surface area contributed by atoms with Crippen molar-refractivity contribution < 1.29 is 33.6 Å². The van der Waals surface area contributed by atoms with Gasteiger partial charge in [-0.15, -0.1) is 0 Å². The largest absolute Gasteiger partial charge is 0.497 e. The van der Waals surface area contributed by atoms with E-state index >= 15 is 0 Å². The normalized spacial score (nSPS) is 11.9. The number of methoxy groups -OCH3 is 1. The molecule has 1 amide bonds. The molecule has 0 aliphatic rings. The molecule has 2 N–H and O–H groups in total. The average Bonchev–Trinajstić information content (AvgIpc) is 2.87. The molecule has 188 valence electrons. The number of allylic oxidation sites excluding steroid dienone is 3. The van der Waals surface area contributed by atoms with Gasteiger partial charge in [-0.2, -0.15) is 0 Å². The summed E-state index contributed by atoms with van der Waals surface area (Å²) in [5, 5.41) is 11.7. The van der Waals surface area contributed by atoms with Crippen LogP contribution in [-0.4, -0.2) is 44.1 Å². The average molecular weight is 484 g/mol. The van der Waals surface area contributed by atoms with Crippen molar-refractivity contribution in [3.8, 4) is 11.5 Å². The Morgan fingerprint density at radius 3 is 2.40 bits per heavy atom. The lowest BCUT2D eigenvalue weighted by atomic mass is 10.0. The van der Waals surface area contributed by atoms with Gasteiger partial charge in [0.25, 0.3) is 0 Å². The van der Waals surface area contributed by atoms with Crippen LogP contribution in [0.25, 0.3) is 0 Å². The van der Waals surface area contributed by atoms with Crippen LogP contribution in [0.4, 0.5) is 10.5 Å². The van der Waals surface area contributed by atoms with Crippen LogP contribution in [0.3, 0.4) is 0 Å². The zero-order valence-electron chi connectivity index (χ0n) is 20.1. The van der Waals surface area contributed by atoms with Gasteiger partial charge in [0, 0.05) is 11.8 Å². The van der Waals surface area contributed by atoms with Crippen LogP contribution in [0.5, 0.6) is 11.5 Å². The highest BCUT2D eigenvalue weighted by molar-refractivity contribution is 5.84. The van der Waals surface area contributed by atoms with Gasteiger partial charge in [-0.1, -0.05) is 30.4 Å². The fraction of sp³-hybridized carbons (Fsp3) is 0.333. The summed E-state index contributed by atoms with van der Waals surface area (Å²) in [7, 11) is 1.58. The Labute approximate surface area is 206 Å². The van der Waals surface area contributed by atoms with Crippen LogP contribution in [0.15, 0.2) is 72.8 Å². The molecule has 2 aromatic rings. The number of carbonyl (C=O) groups is 2. The molecule has 2 rings (SSSR count). The minimum Gasteiger partial charge on any atom is -0.497 e. The zero-order chi connectivity index (χ0) is 25.3. The van der Waals surface area contributed by atoms with Gasteiger partial charge < -0.3 is 24.1 Å². The van der Waals surface area contributed by atoms with Crippen LogP contribution in [-0.2, 0) is 14.3 Å². The second kappa shape index (κ2) is 16.0. The maximum Gasteiger partial charge on any atom is 0.412 e. The molecule has 0 fully saturated rings. The number of hydrogen-bond acceptors (Lipinski definition) is 7. The first-order valence-corrected chi connectivity index (χ1v) is 11.5. The molecule has 2 aromatic carbocycles. The third-order valence-electron chi connectivity index (χ3n) is 4.80. The number of unbranched alkanes of at least 4 members (excludes halogenated alkanes) is 1. The fourth-order valence-electron chi connectivity index (χ4n) is 3.11. The Balaban J connectivity index is 1.97. The first-order valence-electron chi connectivity index (χ1n) is 11.5. The predicted molar refractivity (Wildman–Crippen MR) is 134 cm³/mol. The third kappa shape index (κ3) is 10.8. The molecule has 0 radical (unpaired) electrons. The molecule has 0 saturated carbocycles. The number of rotatable bonds is 14. The summed E-state index contributed by atoms with van der Waals surface area (Å²) in [4.78, 5) is 23.9. The highest BCUT2D eigenvalue weighted by Crippen LogP contribution is 2.27. The highest BCUT2D eigenvalue weighted by atomic mass is 16.6. The Morgan fingerprint density at radius 1 is 1.03 bits per heavy atom. The summed E-state index contributed by atoms with van der Waals surface area (Å²) in [6.07, 6.45) is 7.80. The second-order valence-electron chi connectivity index (χ2n) is 7.36. The minimum absolute atomic E-state index is 0.0679. The summed E-state index contributed by atoms with van der Waals surface area (Å²) >= 11 is 0. The fourth-order valence-corrected chi connectivity index (χ4v) is 3.11. The first-order chi connectivity index (χ1) is 17.0. The van der Waals surface area contributed by atoms with E-state index in [-0.39, 0.29) is 19.2 Å². The summed E-state index contributed by atoms with van der Waals surface area (Å²) in [5.41, 5.74) is 1.43. The molecule has 0 bridgehead atoms. The number of aliphatic hydroxyl groups excluding tert-OH is 1. The van der Waals surface area contributed by atoms with Crippen LogP contribution < -0.4 is 14.8 Å². The Hall–Kier alpha value is -3.78. The first kappa shape index (κ1) is 27.5. The van der Waals surface area contributed by atoms with Crippen molar-refractivity contribution in [1.82, 2.24) is 0 Å². The number of aliphatic hydroxyl groups is 1. The van der Waals surface area contributed by atoms with Crippen molar-refractivity contribution in [2.45, 2.75) is 32.3 Å². The van der Waals surface area contributed by atoms with Gasteiger partial charge in [-0.25, -0.2) is 9.59 Å². The van der Waals surface area contributed by atoms with E-state index in [1.54, 1.807) is 62.6 Å². The summed E-state index contributed by atoms with van der Waals surface area (Å²) in [6.45, 7) is 2.24. The van der Waals surface area contributed by atoms with E-state index in [0.717, 1.165) is 18.4 Å². The molecule has 0 aliphatic heterocycles. The maximum atomic E-state index is 12.6. The Morgan fingerprint density at radius 2 is 1.74 bits per heavy atom. The van der Waals surface area contributed by atoms with Crippen molar-refractivity contribution in [2.75, 3.05) is 32.2 Å². The van der Waals surface area contributed by atoms with Gasteiger partial charge >= 0.3 is 12.1 Å². The van der Waals surface area contributed by atoms with Crippen LogP contribution >= 0.6 is 0 Å². The van der Waals surface area contributed by atoms with Crippen LogP contribution in [0.2, 0.25) is 0 Å². The molecule has 0 aromatic heterocycles. The maximum absolute atomic E-state index is 12.6. The summed E-state index contributed by atoms with van der Waals surface area (Å²) in [5.74, 6) is 0.941. The van der Waals surface area contributed by atoms with E-state index in [2.05, 4.69) is 5.32 Å². The van der Waals surface area contributed by atoms with E-state index < -0.39 is 12.2 Å². The number of nitrogens with one attached hydrogen (secondary N) is 1. The molecular formula is C27H33NO7. The number of carbonyl (C=O) groups excluding carboxylic acids is 2. The molecule has 0 spiro atoms. The molecule has 8 nitrogen and oxygen atoms in total. The van der Waals surface area contributed by atoms with E-state index in [1.165, 1.54) is 6.08 Å². The molecule has 0 unspecified atom stereocenters. The van der Waals surface area contributed by atoms with Gasteiger partial charge in [0.2, 0.25) is 0 Å². The number of esters is 1. The van der Waals surface area contributed by atoms with E-state index in [4.69, 9.17) is 24.1 Å². The molecule has 0 heterocycles. The van der Waals surface area contributed by atoms with Crippen LogP contribution in [0, 0.1) is 0 Å².